The zero-order valence-corrected chi connectivity index (χ0v) is 13.5. The number of nitrogens with one attached hydrogen (secondary N) is 2. The maximum Gasteiger partial charge on any atom is 0.133 e. The Balaban J connectivity index is 3.29. The highest BCUT2D eigenvalue weighted by Gasteiger charge is 2.20. The van der Waals surface area contributed by atoms with Crippen LogP contribution in [0.3, 0.4) is 0 Å². The molecule has 1 rings (SSSR count). The summed E-state index contributed by atoms with van der Waals surface area (Å²) in [6.07, 6.45) is 0. The van der Waals surface area contributed by atoms with E-state index in [9.17, 15) is 5.11 Å². The van der Waals surface area contributed by atoms with Crippen molar-refractivity contribution in [2.45, 2.75) is 39.3 Å². The molecule has 0 radical (unpaired) electrons. The highest BCUT2D eigenvalue weighted by molar-refractivity contribution is 5.45. The maximum atomic E-state index is 10.5. The van der Waals surface area contributed by atoms with Crippen LogP contribution in [0.2, 0.25) is 0 Å². The molecule has 0 aromatic heterocycles. The Morgan fingerprint density at radius 2 is 1.26 bits per heavy atom. The molecule has 0 spiro atoms. The van der Waals surface area contributed by atoms with Crippen molar-refractivity contribution in [2.24, 2.45) is 0 Å². The molecule has 0 bridgehead atoms. The number of aromatic hydroxyl groups is 1. The number of rotatable bonds is 4. The van der Waals surface area contributed by atoms with Gasteiger partial charge in [0.2, 0.25) is 0 Å². The molecular formula is C16H30N2O+2. The third-order valence-corrected chi connectivity index (χ3v) is 3.22. The molecule has 3 heteroatoms. The van der Waals surface area contributed by atoms with E-state index in [1.54, 1.807) is 0 Å². The van der Waals surface area contributed by atoms with Gasteiger partial charge in [-0.15, -0.1) is 0 Å². The molecule has 1 aromatic rings. The average molecular weight is 266 g/mol. The second-order valence-electron chi connectivity index (χ2n) is 7.16. The Bertz CT molecular complexity index is 400. The molecule has 0 aliphatic heterocycles. The van der Waals surface area contributed by atoms with Crippen molar-refractivity contribution < 1.29 is 14.9 Å². The number of hydrogen-bond donors (Lipinski definition) is 3. The van der Waals surface area contributed by atoms with Gasteiger partial charge in [-0.1, -0.05) is 20.8 Å². The first-order valence-corrected chi connectivity index (χ1v) is 7.04. The number of phenolic OH excluding ortho intramolecular Hbond substituents is 1. The summed E-state index contributed by atoms with van der Waals surface area (Å²) in [5, 5.41) is 10.5. The quantitative estimate of drug-likeness (QED) is 0.702. The van der Waals surface area contributed by atoms with E-state index in [0.29, 0.717) is 5.75 Å². The van der Waals surface area contributed by atoms with Crippen LogP contribution in [0.15, 0.2) is 12.1 Å². The fourth-order valence-corrected chi connectivity index (χ4v) is 2.22. The molecule has 19 heavy (non-hydrogen) atoms. The summed E-state index contributed by atoms with van der Waals surface area (Å²) in [5.41, 5.74) is 3.53. The van der Waals surface area contributed by atoms with Crippen LogP contribution in [0.1, 0.15) is 37.5 Å². The minimum Gasteiger partial charge on any atom is -0.507 e. The van der Waals surface area contributed by atoms with Crippen molar-refractivity contribution in [2.75, 3.05) is 28.2 Å². The van der Waals surface area contributed by atoms with Gasteiger partial charge in [0.05, 0.1) is 28.2 Å². The SMILES string of the molecule is C[NH+](C)Cc1cc(C(C)(C)C)cc(C[NH+](C)C)c1O. The van der Waals surface area contributed by atoms with E-state index in [0.717, 1.165) is 24.2 Å². The molecule has 0 aliphatic carbocycles. The van der Waals surface area contributed by atoms with Crippen molar-refractivity contribution in [3.63, 3.8) is 0 Å². The highest BCUT2D eigenvalue weighted by Crippen LogP contribution is 2.30. The van der Waals surface area contributed by atoms with E-state index in [4.69, 9.17) is 0 Å². The van der Waals surface area contributed by atoms with Crippen LogP contribution in [-0.2, 0) is 18.5 Å². The molecule has 3 nitrogen and oxygen atoms in total. The lowest BCUT2D eigenvalue weighted by atomic mass is 9.84. The predicted molar refractivity (Wildman–Crippen MR) is 79.8 cm³/mol. The molecule has 0 atom stereocenters. The van der Waals surface area contributed by atoms with Gasteiger partial charge in [-0.25, -0.2) is 0 Å². The number of hydrogen-bond acceptors (Lipinski definition) is 1. The number of benzene rings is 1. The van der Waals surface area contributed by atoms with E-state index in [1.807, 2.05) is 0 Å². The van der Waals surface area contributed by atoms with Gasteiger partial charge in [-0.3, -0.25) is 0 Å². The average Bonchev–Trinajstić information content (AvgIpc) is 2.20. The monoisotopic (exact) mass is 266 g/mol. The number of phenols is 1. The van der Waals surface area contributed by atoms with Crippen LogP contribution in [0.25, 0.3) is 0 Å². The van der Waals surface area contributed by atoms with Crippen LogP contribution in [-0.4, -0.2) is 33.3 Å². The van der Waals surface area contributed by atoms with Crippen LogP contribution in [0.4, 0.5) is 0 Å². The van der Waals surface area contributed by atoms with Crippen LogP contribution in [0, 0.1) is 0 Å². The molecular weight excluding hydrogens is 236 g/mol. The van der Waals surface area contributed by atoms with Crippen molar-refractivity contribution in [1.82, 2.24) is 0 Å². The second-order valence-corrected chi connectivity index (χ2v) is 7.16. The summed E-state index contributed by atoms with van der Waals surface area (Å²) in [6.45, 7) is 8.37. The van der Waals surface area contributed by atoms with Crippen LogP contribution >= 0.6 is 0 Å². The van der Waals surface area contributed by atoms with Crippen molar-refractivity contribution in [3.8, 4) is 5.75 Å². The normalized spacial score (nSPS) is 12.5. The van der Waals surface area contributed by atoms with Gasteiger partial charge < -0.3 is 14.9 Å². The van der Waals surface area contributed by atoms with Crippen molar-refractivity contribution in [3.05, 3.63) is 28.8 Å². The summed E-state index contributed by atoms with van der Waals surface area (Å²) in [5.74, 6) is 0.482. The maximum absolute atomic E-state index is 10.5. The van der Waals surface area contributed by atoms with Crippen molar-refractivity contribution >= 4 is 0 Å². The largest absolute Gasteiger partial charge is 0.507 e. The first-order chi connectivity index (χ1) is 8.61. The Morgan fingerprint density at radius 3 is 1.53 bits per heavy atom. The van der Waals surface area contributed by atoms with Gasteiger partial charge in [0, 0.05) is 11.1 Å². The van der Waals surface area contributed by atoms with E-state index >= 15 is 0 Å². The van der Waals surface area contributed by atoms with Gasteiger partial charge >= 0.3 is 0 Å². The molecule has 0 saturated heterocycles. The molecule has 1 aromatic carbocycles. The molecule has 108 valence electrons. The molecule has 3 N–H and O–H groups in total. The summed E-state index contributed by atoms with van der Waals surface area (Å²) in [4.78, 5) is 2.65. The molecule has 0 aliphatic rings. The van der Waals surface area contributed by atoms with E-state index in [1.165, 1.54) is 15.4 Å². The van der Waals surface area contributed by atoms with Gasteiger partial charge in [-0.05, 0) is 23.1 Å². The van der Waals surface area contributed by atoms with E-state index in [2.05, 4.69) is 61.1 Å². The van der Waals surface area contributed by atoms with Gasteiger partial charge in [-0.2, -0.15) is 0 Å². The smallest absolute Gasteiger partial charge is 0.133 e. The Hall–Kier alpha value is -1.06. The Kier molecular flexibility index (Phi) is 4.99. The topological polar surface area (TPSA) is 29.1 Å². The van der Waals surface area contributed by atoms with Gasteiger partial charge in [0.1, 0.15) is 18.8 Å². The standard InChI is InChI=1S/C16H28N2O/c1-16(2,3)14-8-12(10-17(4)5)15(19)13(9-14)11-18(6)7/h8-9,19H,10-11H2,1-7H3/p+2. The second kappa shape index (κ2) is 5.93. The minimum atomic E-state index is 0.112. The third-order valence-electron chi connectivity index (χ3n) is 3.22. The van der Waals surface area contributed by atoms with Gasteiger partial charge in [0.15, 0.2) is 0 Å². The van der Waals surface area contributed by atoms with Crippen LogP contribution in [0.5, 0.6) is 5.75 Å². The minimum absolute atomic E-state index is 0.112. The number of quaternary nitrogens is 2. The van der Waals surface area contributed by atoms with E-state index < -0.39 is 0 Å². The summed E-state index contributed by atoms with van der Waals surface area (Å²) < 4.78 is 0. The summed E-state index contributed by atoms with van der Waals surface area (Å²) in [7, 11) is 8.44. The lowest BCUT2D eigenvalue weighted by Crippen LogP contribution is -3.04. The first-order valence-electron chi connectivity index (χ1n) is 7.04. The van der Waals surface area contributed by atoms with Crippen LogP contribution < -0.4 is 9.80 Å². The molecule has 0 saturated carbocycles. The predicted octanol–water partition coefficient (Wildman–Crippen LogP) is -0.0213. The molecule has 0 amide bonds. The molecule has 0 fully saturated rings. The lowest BCUT2D eigenvalue weighted by molar-refractivity contribution is -0.873. The van der Waals surface area contributed by atoms with Crippen molar-refractivity contribution in [1.29, 1.82) is 0 Å². The molecule has 0 unspecified atom stereocenters. The zero-order chi connectivity index (χ0) is 14.8. The third kappa shape index (κ3) is 4.51. The summed E-state index contributed by atoms with van der Waals surface area (Å²) >= 11 is 0. The fourth-order valence-electron chi connectivity index (χ4n) is 2.22. The molecule has 0 heterocycles. The Labute approximate surface area is 117 Å². The Morgan fingerprint density at radius 1 is 0.895 bits per heavy atom. The zero-order valence-electron chi connectivity index (χ0n) is 13.5. The fraction of sp³-hybridized carbons (Fsp3) is 0.625. The van der Waals surface area contributed by atoms with Gasteiger partial charge in [0.25, 0.3) is 0 Å². The highest BCUT2D eigenvalue weighted by atomic mass is 16.3. The first kappa shape index (κ1) is 16.0. The van der Waals surface area contributed by atoms with E-state index in [-0.39, 0.29) is 5.41 Å². The summed E-state index contributed by atoms with van der Waals surface area (Å²) in [6, 6.07) is 4.33. The lowest BCUT2D eigenvalue weighted by Gasteiger charge is -2.23.